The summed E-state index contributed by atoms with van der Waals surface area (Å²) >= 11 is 8.90. The Morgan fingerprint density at radius 1 is 1.29 bits per heavy atom. The van der Waals surface area contributed by atoms with Crippen molar-refractivity contribution in [1.82, 2.24) is 19.8 Å². The van der Waals surface area contributed by atoms with Gasteiger partial charge in [-0.15, -0.1) is 0 Å². The zero-order valence-electron chi connectivity index (χ0n) is 17.4. The number of carbonyl (C=O) groups excluding carboxylic acids is 1. The van der Waals surface area contributed by atoms with Gasteiger partial charge in [-0.05, 0) is 74.0 Å². The van der Waals surface area contributed by atoms with E-state index in [1.807, 2.05) is 24.3 Å². The number of fused-ring (bicyclic) bond motifs is 1. The summed E-state index contributed by atoms with van der Waals surface area (Å²) in [6.45, 7) is 5.25. The molecule has 1 aliphatic rings. The number of aromatic nitrogens is 2. The van der Waals surface area contributed by atoms with Crippen molar-refractivity contribution in [2.75, 3.05) is 19.6 Å². The highest BCUT2D eigenvalue weighted by atomic mass is 79.9. The molecule has 2 aromatic carbocycles. The molecule has 8 heteroatoms. The largest absolute Gasteiger partial charge is 0.350 e. The molecule has 3 aromatic rings. The molecule has 1 aromatic heterocycles. The second kappa shape index (κ2) is 9.46. The maximum atomic E-state index is 13.0. The van der Waals surface area contributed by atoms with Crippen molar-refractivity contribution in [3.8, 4) is 0 Å². The van der Waals surface area contributed by atoms with E-state index in [-0.39, 0.29) is 11.5 Å². The summed E-state index contributed by atoms with van der Waals surface area (Å²) in [6.07, 6.45) is 2.28. The first-order valence-corrected chi connectivity index (χ1v) is 11.7. The fourth-order valence-electron chi connectivity index (χ4n) is 4.21. The number of likely N-dealkylation sites (tertiary alicyclic amines) is 1. The molecule has 0 aliphatic carbocycles. The fraction of sp³-hybridized carbons (Fsp3) is 0.348. The van der Waals surface area contributed by atoms with Gasteiger partial charge < -0.3 is 10.3 Å². The second-order valence-corrected chi connectivity index (χ2v) is 9.15. The lowest BCUT2D eigenvalue weighted by Gasteiger charge is -2.22. The van der Waals surface area contributed by atoms with Crippen LogP contribution in [0, 0.1) is 4.77 Å². The van der Waals surface area contributed by atoms with Crippen molar-refractivity contribution in [2.45, 2.75) is 32.4 Å². The number of nitrogens with zero attached hydrogens (tertiary/aromatic N) is 2. The topological polar surface area (TPSA) is 70.1 Å². The minimum atomic E-state index is -0.171. The number of nitrogens with one attached hydrogen (secondary N) is 2. The maximum absolute atomic E-state index is 13.0. The summed E-state index contributed by atoms with van der Waals surface area (Å²) in [7, 11) is 0. The normalized spacial score (nSPS) is 16.6. The number of carbonyl (C=O) groups is 1. The van der Waals surface area contributed by atoms with E-state index in [0.717, 1.165) is 29.5 Å². The number of benzene rings is 2. The maximum Gasteiger partial charge on any atom is 0.262 e. The quantitative estimate of drug-likeness (QED) is 0.500. The van der Waals surface area contributed by atoms with Crippen LogP contribution in [0.1, 0.15) is 35.7 Å². The van der Waals surface area contributed by atoms with Crippen LogP contribution in [0.2, 0.25) is 0 Å². The van der Waals surface area contributed by atoms with Gasteiger partial charge in [0.2, 0.25) is 0 Å². The molecule has 0 unspecified atom stereocenters. The molecule has 1 atom stereocenters. The number of halogens is 1. The first kappa shape index (κ1) is 21.9. The highest BCUT2D eigenvalue weighted by molar-refractivity contribution is 9.10. The van der Waals surface area contributed by atoms with Gasteiger partial charge in [0.15, 0.2) is 4.77 Å². The number of aromatic amines is 1. The van der Waals surface area contributed by atoms with E-state index in [4.69, 9.17) is 12.2 Å². The van der Waals surface area contributed by atoms with Crippen LogP contribution in [0.15, 0.2) is 51.7 Å². The first-order valence-electron chi connectivity index (χ1n) is 10.5. The summed E-state index contributed by atoms with van der Waals surface area (Å²) < 4.78 is 2.82. The van der Waals surface area contributed by atoms with Gasteiger partial charge >= 0.3 is 0 Å². The van der Waals surface area contributed by atoms with Gasteiger partial charge in [0.05, 0.1) is 17.4 Å². The van der Waals surface area contributed by atoms with Gasteiger partial charge in [-0.3, -0.25) is 19.1 Å². The third kappa shape index (κ3) is 4.81. The van der Waals surface area contributed by atoms with Crippen molar-refractivity contribution < 1.29 is 4.79 Å². The number of hydrogen-bond acceptors (Lipinski definition) is 4. The Kier molecular flexibility index (Phi) is 6.69. The molecule has 1 saturated heterocycles. The molecular weight excluding hydrogens is 476 g/mol. The number of amides is 1. The molecular formula is C23H25BrN4O2S. The van der Waals surface area contributed by atoms with E-state index < -0.39 is 0 Å². The third-order valence-corrected chi connectivity index (χ3v) is 6.69. The lowest BCUT2D eigenvalue weighted by Crippen LogP contribution is -2.40. The highest BCUT2D eigenvalue weighted by Gasteiger charge is 2.23. The van der Waals surface area contributed by atoms with Crippen LogP contribution < -0.4 is 10.9 Å². The molecule has 0 bridgehead atoms. The van der Waals surface area contributed by atoms with Crippen LogP contribution in [-0.4, -0.2) is 46.0 Å². The average molecular weight is 501 g/mol. The van der Waals surface area contributed by atoms with Gasteiger partial charge in [-0.2, -0.15) is 0 Å². The van der Waals surface area contributed by atoms with Gasteiger partial charge in [0.25, 0.3) is 11.5 Å². The molecule has 0 saturated carbocycles. The zero-order valence-corrected chi connectivity index (χ0v) is 19.8. The molecule has 1 aliphatic heterocycles. The molecule has 0 spiro atoms. The first-order chi connectivity index (χ1) is 15.0. The van der Waals surface area contributed by atoms with Crippen LogP contribution in [-0.2, 0) is 6.54 Å². The van der Waals surface area contributed by atoms with Crippen LogP contribution in [0.5, 0.6) is 0 Å². The average Bonchev–Trinajstić information content (AvgIpc) is 3.22. The smallest absolute Gasteiger partial charge is 0.262 e. The molecule has 2 heterocycles. The SMILES string of the molecule is CCN1CCC[C@H]1CNC(=O)c1ccc2c(=O)n(Cc3cccc(Br)c3)c(=S)[nH]c2c1. The number of H-pyrrole nitrogens is 1. The summed E-state index contributed by atoms with van der Waals surface area (Å²) in [5.41, 5.74) is 1.89. The lowest BCUT2D eigenvalue weighted by molar-refractivity contribution is 0.0941. The fourth-order valence-corrected chi connectivity index (χ4v) is 4.92. The highest BCUT2D eigenvalue weighted by Crippen LogP contribution is 2.17. The third-order valence-electron chi connectivity index (χ3n) is 5.88. The van der Waals surface area contributed by atoms with Crippen molar-refractivity contribution in [1.29, 1.82) is 0 Å². The molecule has 1 fully saturated rings. The molecule has 6 nitrogen and oxygen atoms in total. The van der Waals surface area contributed by atoms with Crippen LogP contribution in [0.3, 0.4) is 0 Å². The zero-order chi connectivity index (χ0) is 22.0. The van der Waals surface area contributed by atoms with Crippen LogP contribution in [0.25, 0.3) is 10.9 Å². The van der Waals surface area contributed by atoms with E-state index in [0.29, 0.717) is 40.4 Å². The minimum absolute atomic E-state index is 0.137. The number of hydrogen-bond donors (Lipinski definition) is 2. The van der Waals surface area contributed by atoms with Gasteiger partial charge in [0, 0.05) is 22.6 Å². The molecule has 162 valence electrons. The van der Waals surface area contributed by atoms with Crippen LogP contribution >= 0.6 is 28.1 Å². The number of rotatable bonds is 6. The Morgan fingerprint density at radius 2 is 2.13 bits per heavy atom. The van der Waals surface area contributed by atoms with Crippen molar-refractivity contribution >= 4 is 45.0 Å². The Labute approximate surface area is 194 Å². The number of likely N-dealkylation sites (N-methyl/N-ethyl adjacent to an activating group) is 1. The van der Waals surface area contributed by atoms with Gasteiger partial charge in [-0.25, -0.2) is 0 Å². The predicted molar refractivity (Wildman–Crippen MR) is 129 cm³/mol. The van der Waals surface area contributed by atoms with Crippen molar-refractivity contribution in [3.05, 3.63) is 73.2 Å². The van der Waals surface area contributed by atoms with E-state index in [9.17, 15) is 9.59 Å². The van der Waals surface area contributed by atoms with Gasteiger partial charge in [0.1, 0.15) is 0 Å². The summed E-state index contributed by atoms with van der Waals surface area (Å²) in [6, 6.07) is 13.3. The summed E-state index contributed by atoms with van der Waals surface area (Å²) in [4.78, 5) is 31.3. The minimum Gasteiger partial charge on any atom is -0.350 e. The Morgan fingerprint density at radius 3 is 2.90 bits per heavy atom. The summed E-state index contributed by atoms with van der Waals surface area (Å²) in [5.74, 6) is -0.137. The monoisotopic (exact) mass is 500 g/mol. The van der Waals surface area contributed by atoms with E-state index in [1.54, 1.807) is 22.8 Å². The second-order valence-electron chi connectivity index (χ2n) is 7.85. The summed E-state index contributed by atoms with van der Waals surface area (Å²) in [5, 5.41) is 3.55. The lowest BCUT2D eigenvalue weighted by atomic mass is 10.1. The van der Waals surface area contributed by atoms with Gasteiger partial charge in [-0.1, -0.05) is 35.0 Å². The predicted octanol–water partition coefficient (Wildman–Crippen LogP) is 4.08. The Bertz CT molecular complexity index is 1240. The van der Waals surface area contributed by atoms with E-state index >= 15 is 0 Å². The van der Waals surface area contributed by atoms with Crippen molar-refractivity contribution in [2.24, 2.45) is 0 Å². The standard InChI is InChI=1S/C23H25BrN4O2S/c1-2-27-10-4-7-18(27)13-25-21(29)16-8-9-19-20(12-16)26-23(31)28(22(19)30)14-15-5-3-6-17(24)11-15/h3,5-6,8-9,11-12,18H,2,4,7,10,13-14H2,1H3,(H,25,29)(H,26,31)/t18-/m0/s1. The van der Waals surface area contributed by atoms with Crippen molar-refractivity contribution in [3.63, 3.8) is 0 Å². The Balaban J connectivity index is 1.56. The molecule has 2 N–H and O–H groups in total. The molecule has 1 amide bonds. The molecule has 31 heavy (non-hydrogen) atoms. The van der Waals surface area contributed by atoms with Crippen LogP contribution in [0.4, 0.5) is 0 Å². The van der Waals surface area contributed by atoms with E-state index in [1.165, 1.54) is 6.42 Å². The Hall–Kier alpha value is -2.29. The van der Waals surface area contributed by atoms with E-state index in [2.05, 4.69) is 38.1 Å². The molecule has 4 rings (SSSR count). The molecule has 0 radical (unpaired) electrons.